The van der Waals surface area contributed by atoms with Gasteiger partial charge in [0.05, 0.1) is 0 Å². The van der Waals surface area contributed by atoms with Gasteiger partial charge in [0.15, 0.2) is 17.5 Å². The quantitative estimate of drug-likeness (QED) is 0.655. The van der Waals surface area contributed by atoms with Crippen LogP contribution in [-0.2, 0) is 0 Å². The van der Waals surface area contributed by atoms with E-state index >= 15 is 0 Å². The Bertz CT molecular complexity index is 643. The molecule has 0 bridgehead atoms. The van der Waals surface area contributed by atoms with E-state index in [4.69, 9.17) is 5.73 Å². The van der Waals surface area contributed by atoms with E-state index in [0.717, 1.165) is 5.56 Å². The summed E-state index contributed by atoms with van der Waals surface area (Å²) >= 11 is 0. The number of hydrogen-bond acceptors (Lipinski definition) is 2. The first kappa shape index (κ1) is 13.9. The van der Waals surface area contributed by atoms with Crippen molar-refractivity contribution in [1.29, 1.82) is 0 Å². The third kappa shape index (κ3) is 2.90. The maximum atomic E-state index is 13.0. The molecule has 2 aromatic rings. The number of nitrogens with one attached hydrogen (secondary N) is 1. The molecule has 0 aliphatic carbocycles. The summed E-state index contributed by atoms with van der Waals surface area (Å²) in [6, 6.07) is 6.08. The molecule has 0 aliphatic heterocycles. The Labute approximate surface area is 113 Å². The first-order valence-corrected chi connectivity index (χ1v) is 5.70. The van der Waals surface area contributed by atoms with E-state index < -0.39 is 23.4 Å². The number of benzene rings is 2. The van der Waals surface area contributed by atoms with E-state index in [-0.39, 0.29) is 11.3 Å². The second-order valence-electron chi connectivity index (χ2n) is 4.34. The van der Waals surface area contributed by atoms with Gasteiger partial charge in [0, 0.05) is 29.1 Å². The fraction of sp³-hybridized carbons (Fsp3) is 0.0714. The zero-order valence-corrected chi connectivity index (χ0v) is 10.5. The molecule has 0 radical (unpaired) electrons. The summed E-state index contributed by atoms with van der Waals surface area (Å²) in [4.78, 5) is 11.9. The first-order valence-electron chi connectivity index (χ1n) is 5.70. The van der Waals surface area contributed by atoms with Crippen LogP contribution in [0.5, 0.6) is 0 Å². The Morgan fingerprint density at radius 2 is 1.65 bits per heavy atom. The molecule has 0 saturated heterocycles. The molecule has 0 atom stereocenters. The number of aryl methyl sites for hydroxylation is 1. The van der Waals surface area contributed by atoms with Gasteiger partial charge in [-0.3, -0.25) is 4.79 Å². The van der Waals surface area contributed by atoms with Crippen molar-refractivity contribution in [2.45, 2.75) is 6.92 Å². The Balaban J connectivity index is 2.28. The molecule has 6 heteroatoms. The minimum atomic E-state index is -1.58. The molecule has 0 aromatic heterocycles. The maximum absolute atomic E-state index is 13.0. The van der Waals surface area contributed by atoms with Crippen molar-refractivity contribution >= 4 is 17.3 Å². The molecular weight excluding hydrogens is 269 g/mol. The van der Waals surface area contributed by atoms with Gasteiger partial charge in [-0.25, -0.2) is 13.2 Å². The average Bonchev–Trinajstić information content (AvgIpc) is 2.34. The van der Waals surface area contributed by atoms with Crippen LogP contribution in [0.4, 0.5) is 24.5 Å². The van der Waals surface area contributed by atoms with E-state index in [1.54, 1.807) is 19.1 Å². The summed E-state index contributed by atoms with van der Waals surface area (Å²) < 4.78 is 38.9. The Hall–Kier alpha value is -2.50. The smallest absolute Gasteiger partial charge is 0.255 e. The van der Waals surface area contributed by atoms with Crippen molar-refractivity contribution in [2.75, 3.05) is 11.1 Å². The normalized spacial score (nSPS) is 10.4. The van der Waals surface area contributed by atoms with Crippen LogP contribution in [0, 0.1) is 24.4 Å². The number of nitrogen functional groups attached to an aromatic ring is 1. The van der Waals surface area contributed by atoms with E-state index in [0.29, 0.717) is 17.8 Å². The molecule has 3 N–H and O–H groups in total. The first-order chi connectivity index (χ1) is 9.36. The molecular formula is C14H11F3N2O. The van der Waals surface area contributed by atoms with Gasteiger partial charge in [-0.1, -0.05) is 0 Å². The molecule has 2 aromatic carbocycles. The largest absolute Gasteiger partial charge is 0.399 e. The highest BCUT2D eigenvalue weighted by atomic mass is 19.2. The van der Waals surface area contributed by atoms with E-state index in [2.05, 4.69) is 5.32 Å². The standard InChI is InChI=1S/C14H11F3N2O/c1-7-2-8(4-9(18)3-7)14(20)19-10-5-11(15)13(17)12(16)6-10/h2-6H,18H2,1H3,(H,19,20). The lowest BCUT2D eigenvalue weighted by Gasteiger charge is -2.08. The average molecular weight is 280 g/mol. The molecule has 0 aliphatic rings. The summed E-state index contributed by atoms with van der Waals surface area (Å²) in [6.07, 6.45) is 0. The molecule has 104 valence electrons. The minimum Gasteiger partial charge on any atom is -0.399 e. The number of carbonyl (C=O) groups excluding carboxylic acids is 1. The van der Waals surface area contributed by atoms with Crippen LogP contribution in [-0.4, -0.2) is 5.91 Å². The summed E-state index contributed by atoms with van der Waals surface area (Å²) in [5, 5.41) is 2.28. The lowest BCUT2D eigenvalue weighted by atomic mass is 10.1. The van der Waals surface area contributed by atoms with Crippen LogP contribution >= 0.6 is 0 Å². The Morgan fingerprint density at radius 3 is 2.20 bits per heavy atom. The second kappa shape index (κ2) is 5.24. The van der Waals surface area contributed by atoms with E-state index in [9.17, 15) is 18.0 Å². The maximum Gasteiger partial charge on any atom is 0.255 e. The number of nitrogens with two attached hydrogens (primary N) is 1. The molecule has 0 fully saturated rings. The monoisotopic (exact) mass is 280 g/mol. The van der Waals surface area contributed by atoms with Gasteiger partial charge < -0.3 is 11.1 Å². The number of carbonyl (C=O) groups is 1. The summed E-state index contributed by atoms with van der Waals surface area (Å²) in [5.74, 6) is -4.92. The highest BCUT2D eigenvalue weighted by molar-refractivity contribution is 6.04. The lowest BCUT2D eigenvalue weighted by Crippen LogP contribution is -2.13. The number of amides is 1. The number of hydrogen-bond donors (Lipinski definition) is 2. The lowest BCUT2D eigenvalue weighted by molar-refractivity contribution is 0.102. The topological polar surface area (TPSA) is 55.1 Å². The summed E-state index contributed by atoms with van der Waals surface area (Å²) in [5.41, 5.74) is 6.84. The van der Waals surface area contributed by atoms with Crippen LogP contribution in [0.15, 0.2) is 30.3 Å². The molecule has 0 heterocycles. The van der Waals surface area contributed by atoms with Gasteiger partial charge >= 0.3 is 0 Å². The summed E-state index contributed by atoms with van der Waals surface area (Å²) in [6.45, 7) is 1.75. The number of anilines is 2. The van der Waals surface area contributed by atoms with Crippen molar-refractivity contribution in [3.05, 3.63) is 58.9 Å². The van der Waals surface area contributed by atoms with Crippen molar-refractivity contribution < 1.29 is 18.0 Å². The molecule has 20 heavy (non-hydrogen) atoms. The highest BCUT2D eigenvalue weighted by Gasteiger charge is 2.13. The Kier molecular flexibility index (Phi) is 3.65. The third-order valence-electron chi connectivity index (χ3n) is 2.60. The van der Waals surface area contributed by atoms with Gasteiger partial charge in [-0.05, 0) is 30.7 Å². The molecule has 0 spiro atoms. The van der Waals surface area contributed by atoms with Gasteiger partial charge in [-0.15, -0.1) is 0 Å². The highest BCUT2D eigenvalue weighted by Crippen LogP contribution is 2.19. The Morgan fingerprint density at radius 1 is 1.05 bits per heavy atom. The number of rotatable bonds is 2. The van der Waals surface area contributed by atoms with Crippen LogP contribution < -0.4 is 11.1 Å². The van der Waals surface area contributed by atoms with Crippen LogP contribution in [0.25, 0.3) is 0 Å². The van der Waals surface area contributed by atoms with Gasteiger partial charge in [0.1, 0.15) is 0 Å². The van der Waals surface area contributed by atoms with Crippen molar-refractivity contribution in [3.63, 3.8) is 0 Å². The zero-order valence-electron chi connectivity index (χ0n) is 10.5. The van der Waals surface area contributed by atoms with Gasteiger partial charge in [-0.2, -0.15) is 0 Å². The van der Waals surface area contributed by atoms with Gasteiger partial charge in [0.25, 0.3) is 5.91 Å². The third-order valence-corrected chi connectivity index (χ3v) is 2.60. The zero-order chi connectivity index (χ0) is 14.9. The molecule has 2 rings (SSSR count). The van der Waals surface area contributed by atoms with E-state index in [1.165, 1.54) is 6.07 Å². The van der Waals surface area contributed by atoms with Crippen LogP contribution in [0.3, 0.4) is 0 Å². The summed E-state index contributed by atoms with van der Waals surface area (Å²) in [7, 11) is 0. The van der Waals surface area contributed by atoms with Crippen LogP contribution in [0.1, 0.15) is 15.9 Å². The number of halogens is 3. The van der Waals surface area contributed by atoms with Crippen LogP contribution in [0.2, 0.25) is 0 Å². The second-order valence-corrected chi connectivity index (χ2v) is 4.34. The predicted octanol–water partition coefficient (Wildman–Crippen LogP) is 3.25. The molecule has 1 amide bonds. The predicted molar refractivity (Wildman–Crippen MR) is 69.9 cm³/mol. The molecule has 0 saturated carbocycles. The van der Waals surface area contributed by atoms with E-state index in [1.807, 2.05) is 0 Å². The van der Waals surface area contributed by atoms with Crippen molar-refractivity contribution in [2.24, 2.45) is 0 Å². The van der Waals surface area contributed by atoms with Crippen molar-refractivity contribution in [3.8, 4) is 0 Å². The van der Waals surface area contributed by atoms with Gasteiger partial charge in [0.2, 0.25) is 0 Å². The minimum absolute atomic E-state index is 0.175. The fourth-order valence-corrected chi connectivity index (χ4v) is 1.77. The molecule has 3 nitrogen and oxygen atoms in total. The fourth-order valence-electron chi connectivity index (χ4n) is 1.77. The SMILES string of the molecule is Cc1cc(N)cc(C(=O)Nc2cc(F)c(F)c(F)c2)c1. The molecule has 0 unspecified atom stereocenters. The van der Waals surface area contributed by atoms with Crippen molar-refractivity contribution in [1.82, 2.24) is 0 Å².